The summed E-state index contributed by atoms with van der Waals surface area (Å²) in [6.07, 6.45) is 1.17. The van der Waals surface area contributed by atoms with E-state index in [9.17, 15) is 0 Å². The first-order chi connectivity index (χ1) is 6.36. The standard InChI is InChI=1S/C11H16N2/c1-9-7-11(13-8-12-9)10-5-3-2-4-6-10/h2-6,9,11-13H,7-8H2,1H3. The Labute approximate surface area is 79.4 Å². The highest BCUT2D eigenvalue weighted by atomic mass is 15.1. The van der Waals surface area contributed by atoms with Crippen LogP contribution in [0.15, 0.2) is 30.3 Å². The summed E-state index contributed by atoms with van der Waals surface area (Å²) in [5, 5.41) is 6.83. The SMILES string of the molecule is CC1CC(c2ccccc2)NCN1. The van der Waals surface area contributed by atoms with E-state index in [1.54, 1.807) is 0 Å². The predicted octanol–water partition coefficient (Wildman–Crippen LogP) is 1.66. The first kappa shape index (κ1) is 8.73. The van der Waals surface area contributed by atoms with Gasteiger partial charge in [-0.1, -0.05) is 30.3 Å². The molecule has 2 N–H and O–H groups in total. The molecule has 0 amide bonds. The molecule has 1 aromatic carbocycles. The lowest BCUT2D eigenvalue weighted by Gasteiger charge is -2.29. The van der Waals surface area contributed by atoms with Crippen molar-refractivity contribution in [3.63, 3.8) is 0 Å². The molecule has 0 aromatic heterocycles. The Kier molecular flexibility index (Phi) is 2.62. The van der Waals surface area contributed by atoms with Crippen molar-refractivity contribution in [3.05, 3.63) is 35.9 Å². The van der Waals surface area contributed by atoms with Crippen molar-refractivity contribution in [2.45, 2.75) is 25.4 Å². The molecule has 1 heterocycles. The van der Waals surface area contributed by atoms with E-state index in [4.69, 9.17) is 0 Å². The van der Waals surface area contributed by atoms with E-state index >= 15 is 0 Å². The van der Waals surface area contributed by atoms with Crippen molar-refractivity contribution in [3.8, 4) is 0 Å². The highest BCUT2D eigenvalue weighted by Crippen LogP contribution is 2.19. The molecule has 1 aliphatic heterocycles. The minimum atomic E-state index is 0.525. The van der Waals surface area contributed by atoms with Gasteiger partial charge < -0.3 is 5.32 Å². The van der Waals surface area contributed by atoms with Gasteiger partial charge in [-0.25, -0.2) is 0 Å². The normalized spacial score (nSPS) is 28.7. The van der Waals surface area contributed by atoms with Crippen LogP contribution in [-0.4, -0.2) is 12.7 Å². The lowest BCUT2D eigenvalue weighted by atomic mass is 9.99. The molecule has 13 heavy (non-hydrogen) atoms. The molecule has 1 aliphatic rings. The number of benzene rings is 1. The second-order valence-corrected chi connectivity index (χ2v) is 3.69. The molecule has 0 spiro atoms. The minimum absolute atomic E-state index is 0.525. The van der Waals surface area contributed by atoms with Gasteiger partial charge in [-0.2, -0.15) is 0 Å². The molecule has 2 rings (SSSR count). The molecule has 2 nitrogen and oxygen atoms in total. The summed E-state index contributed by atoms with van der Waals surface area (Å²) in [7, 11) is 0. The van der Waals surface area contributed by atoms with Crippen LogP contribution in [-0.2, 0) is 0 Å². The fourth-order valence-electron chi connectivity index (χ4n) is 1.82. The summed E-state index contributed by atoms with van der Waals surface area (Å²) in [5.41, 5.74) is 1.40. The number of rotatable bonds is 1. The fourth-order valence-corrected chi connectivity index (χ4v) is 1.82. The molecule has 0 saturated carbocycles. The molecule has 2 atom stereocenters. The Morgan fingerprint density at radius 1 is 1.15 bits per heavy atom. The first-order valence-corrected chi connectivity index (χ1v) is 4.88. The van der Waals surface area contributed by atoms with Gasteiger partial charge in [0, 0.05) is 18.8 Å². The Morgan fingerprint density at radius 2 is 1.92 bits per heavy atom. The Morgan fingerprint density at radius 3 is 2.62 bits per heavy atom. The monoisotopic (exact) mass is 176 g/mol. The molecule has 1 fully saturated rings. The fraction of sp³-hybridized carbons (Fsp3) is 0.455. The van der Waals surface area contributed by atoms with Gasteiger partial charge in [0.15, 0.2) is 0 Å². The summed E-state index contributed by atoms with van der Waals surface area (Å²) in [5.74, 6) is 0. The van der Waals surface area contributed by atoms with Gasteiger partial charge >= 0.3 is 0 Å². The van der Waals surface area contributed by atoms with Gasteiger partial charge in [-0.05, 0) is 18.9 Å². The summed E-state index contributed by atoms with van der Waals surface area (Å²) in [4.78, 5) is 0. The topological polar surface area (TPSA) is 24.1 Å². The third-order valence-electron chi connectivity index (χ3n) is 2.59. The zero-order valence-corrected chi connectivity index (χ0v) is 7.96. The van der Waals surface area contributed by atoms with Crippen LogP contribution >= 0.6 is 0 Å². The van der Waals surface area contributed by atoms with Crippen LogP contribution < -0.4 is 10.6 Å². The maximum atomic E-state index is 3.45. The van der Waals surface area contributed by atoms with E-state index in [1.165, 1.54) is 12.0 Å². The highest BCUT2D eigenvalue weighted by Gasteiger charge is 2.18. The highest BCUT2D eigenvalue weighted by molar-refractivity contribution is 5.19. The van der Waals surface area contributed by atoms with E-state index in [1.807, 2.05) is 0 Å². The van der Waals surface area contributed by atoms with E-state index in [2.05, 4.69) is 47.9 Å². The maximum absolute atomic E-state index is 3.45. The molecule has 0 radical (unpaired) electrons. The van der Waals surface area contributed by atoms with Gasteiger partial charge in [0.25, 0.3) is 0 Å². The van der Waals surface area contributed by atoms with Crippen LogP contribution in [0, 0.1) is 0 Å². The van der Waals surface area contributed by atoms with Gasteiger partial charge in [0.2, 0.25) is 0 Å². The van der Waals surface area contributed by atoms with Crippen molar-refractivity contribution in [2.24, 2.45) is 0 Å². The average molecular weight is 176 g/mol. The van der Waals surface area contributed by atoms with Crippen molar-refractivity contribution in [1.29, 1.82) is 0 Å². The molecule has 70 valence electrons. The number of hydrogen-bond acceptors (Lipinski definition) is 2. The third-order valence-corrected chi connectivity index (χ3v) is 2.59. The molecular formula is C11H16N2. The van der Waals surface area contributed by atoms with Gasteiger partial charge in [0.1, 0.15) is 0 Å². The van der Waals surface area contributed by atoms with Crippen molar-refractivity contribution in [1.82, 2.24) is 10.6 Å². The first-order valence-electron chi connectivity index (χ1n) is 4.88. The van der Waals surface area contributed by atoms with E-state index in [-0.39, 0.29) is 0 Å². The maximum Gasteiger partial charge on any atom is 0.0461 e. The Hall–Kier alpha value is -0.860. The minimum Gasteiger partial charge on any atom is -0.302 e. The molecule has 1 aromatic rings. The molecule has 2 heteroatoms. The second-order valence-electron chi connectivity index (χ2n) is 3.69. The number of nitrogens with one attached hydrogen (secondary N) is 2. The van der Waals surface area contributed by atoms with Crippen molar-refractivity contribution >= 4 is 0 Å². The van der Waals surface area contributed by atoms with Crippen LogP contribution in [0.4, 0.5) is 0 Å². The molecule has 0 bridgehead atoms. The second kappa shape index (κ2) is 3.90. The Bertz CT molecular complexity index is 258. The summed E-state index contributed by atoms with van der Waals surface area (Å²) >= 11 is 0. The molecular weight excluding hydrogens is 160 g/mol. The van der Waals surface area contributed by atoms with Gasteiger partial charge in [0.05, 0.1) is 0 Å². The van der Waals surface area contributed by atoms with Crippen molar-refractivity contribution in [2.75, 3.05) is 6.67 Å². The van der Waals surface area contributed by atoms with Gasteiger partial charge in [-0.15, -0.1) is 0 Å². The van der Waals surface area contributed by atoms with Crippen LogP contribution in [0.3, 0.4) is 0 Å². The number of hydrogen-bond donors (Lipinski definition) is 2. The van der Waals surface area contributed by atoms with E-state index in [0.29, 0.717) is 12.1 Å². The zero-order chi connectivity index (χ0) is 9.10. The van der Waals surface area contributed by atoms with E-state index in [0.717, 1.165) is 6.67 Å². The predicted molar refractivity (Wildman–Crippen MR) is 54.4 cm³/mol. The van der Waals surface area contributed by atoms with Crippen LogP contribution in [0.5, 0.6) is 0 Å². The third kappa shape index (κ3) is 2.08. The van der Waals surface area contributed by atoms with Crippen LogP contribution in [0.25, 0.3) is 0 Å². The average Bonchev–Trinajstić information content (AvgIpc) is 2.19. The van der Waals surface area contributed by atoms with Crippen LogP contribution in [0.1, 0.15) is 24.9 Å². The summed E-state index contributed by atoms with van der Waals surface area (Å²) in [6, 6.07) is 11.8. The summed E-state index contributed by atoms with van der Waals surface area (Å²) < 4.78 is 0. The Balaban J connectivity index is 2.08. The zero-order valence-electron chi connectivity index (χ0n) is 7.96. The largest absolute Gasteiger partial charge is 0.302 e. The quantitative estimate of drug-likeness (QED) is 0.680. The van der Waals surface area contributed by atoms with Crippen LogP contribution in [0.2, 0.25) is 0 Å². The smallest absolute Gasteiger partial charge is 0.0461 e. The molecule has 2 unspecified atom stereocenters. The molecule has 1 saturated heterocycles. The van der Waals surface area contributed by atoms with Gasteiger partial charge in [-0.3, -0.25) is 5.32 Å². The lowest BCUT2D eigenvalue weighted by Crippen LogP contribution is -2.45. The van der Waals surface area contributed by atoms with E-state index < -0.39 is 0 Å². The van der Waals surface area contributed by atoms with Crippen molar-refractivity contribution < 1.29 is 0 Å². The molecule has 0 aliphatic carbocycles. The summed E-state index contributed by atoms with van der Waals surface area (Å²) in [6.45, 7) is 3.15. The lowest BCUT2D eigenvalue weighted by molar-refractivity contribution is 0.334.